The van der Waals surface area contributed by atoms with Crippen molar-refractivity contribution in [3.63, 3.8) is 0 Å². The number of aromatic nitrogens is 1. The topological polar surface area (TPSA) is 97.1 Å². The second kappa shape index (κ2) is 4.99. The number of sulfonamides is 1. The summed E-state index contributed by atoms with van der Waals surface area (Å²) in [6.45, 7) is 0.475. The minimum atomic E-state index is -3.58. The quantitative estimate of drug-likeness (QED) is 0.525. The van der Waals surface area contributed by atoms with E-state index in [1.165, 1.54) is 12.6 Å². The lowest BCUT2D eigenvalue weighted by Crippen LogP contribution is -2.33. The van der Waals surface area contributed by atoms with Gasteiger partial charge in [-0.2, -0.15) is 0 Å². The van der Waals surface area contributed by atoms with Gasteiger partial charge in [-0.05, 0) is 30.9 Å². The molecule has 1 fully saturated rings. The maximum atomic E-state index is 12.0. The normalized spacial score (nSPS) is 16.5. The molecule has 0 radical (unpaired) electrons. The summed E-state index contributed by atoms with van der Waals surface area (Å²) in [6, 6.07) is 3.20. The van der Waals surface area contributed by atoms with Crippen molar-refractivity contribution >= 4 is 15.7 Å². The lowest BCUT2D eigenvalue weighted by atomic mass is 9.86. The number of hydrogen-bond donors (Lipinski definition) is 3. The van der Waals surface area contributed by atoms with Crippen molar-refractivity contribution in [1.82, 2.24) is 9.71 Å². The van der Waals surface area contributed by atoms with Crippen LogP contribution in [0.4, 0.5) is 5.69 Å². The molecule has 0 bridgehead atoms. The van der Waals surface area contributed by atoms with Crippen LogP contribution in [0.3, 0.4) is 0 Å². The number of nitrogens with one attached hydrogen (secondary N) is 2. The van der Waals surface area contributed by atoms with Crippen LogP contribution in [-0.2, 0) is 10.0 Å². The number of pyridine rings is 1. The lowest BCUT2D eigenvalue weighted by molar-refractivity contribution is 0.316. The molecule has 7 heteroatoms. The fraction of sp³-hybridized carbons (Fsp3) is 0.500. The van der Waals surface area contributed by atoms with Gasteiger partial charge in [-0.25, -0.2) is 18.1 Å². The molecule has 1 aliphatic rings. The molecule has 0 aliphatic heterocycles. The van der Waals surface area contributed by atoms with Gasteiger partial charge in [0.05, 0.1) is 5.69 Å². The largest absolute Gasteiger partial charge is 0.321 e. The van der Waals surface area contributed by atoms with Crippen molar-refractivity contribution in [2.24, 2.45) is 11.8 Å². The van der Waals surface area contributed by atoms with Crippen LogP contribution in [0.15, 0.2) is 23.4 Å². The highest BCUT2D eigenvalue weighted by molar-refractivity contribution is 7.89. The first-order chi connectivity index (χ1) is 8.13. The van der Waals surface area contributed by atoms with Crippen LogP contribution in [-0.4, -0.2) is 19.9 Å². The molecule has 4 N–H and O–H groups in total. The molecule has 1 aromatic rings. The van der Waals surface area contributed by atoms with E-state index in [0.29, 0.717) is 18.2 Å². The minimum absolute atomic E-state index is 0.0539. The van der Waals surface area contributed by atoms with Crippen molar-refractivity contribution in [1.29, 1.82) is 0 Å². The van der Waals surface area contributed by atoms with Gasteiger partial charge < -0.3 is 5.43 Å². The van der Waals surface area contributed by atoms with E-state index in [0.717, 1.165) is 12.8 Å². The first-order valence-corrected chi connectivity index (χ1v) is 7.03. The molecule has 17 heavy (non-hydrogen) atoms. The molecule has 0 atom stereocenters. The number of hydrazine groups is 1. The van der Waals surface area contributed by atoms with Gasteiger partial charge in [-0.3, -0.25) is 5.84 Å². The molecule has 0 unspecified atom stereocenters. The van der Waals surface area contributed by atoms with Crippen molar-refractivity contribution in [2.75, 3.05) is 12.0 Å². The molecule has 1 saturated carbocycles. The number of rotatable bonds is 5. The molecule has 94 valence electrons. The molecule has 1 aromatic heterocycles. The summed E-state index contributed by atoms with van der Waals surface area (Å²) in [6.07, 6.45) is 4.80. The Hall–Kier alpha value is -1.18. The standard InChI is InChI=1S/C10H16N4O2S/c11-14-9-5-2-6-12-10(9)17(15,16)13-7-8-3-1-4-8/h2,5-6,8,13-14H,1,3-4,7,11H2. The average molecular weight is 256 g/mol. The van der Waals surface area contributed by atoms with Crippen molar-refractivity contribution < 1.29 is 8.42 Å². The fourth-order valence-corrected chi connectivity index (χ4v) is 2.92. The Kier molecular flexibility index (Phi) is 3.60. The molecule has 0 aromatic carbocycles. The summed E-state index contributed by atoms with van der Waals surface area (Å²) in [5.41, 5.74) is 2.64. The zero-order valence-corrected chi connectivity index (χ0v) is 10.2. The molecule has 6 nitrogen and oxygen atoms in total. The van der Waals surface area contributed by atoms with E-state index in [4.69, 9.17) is 5.84 Å². The molecule has 0 saturated heterocycles. The van der Waals surface area contributed by atoms with E-state index in [2.05, 4.69) is 15.1 Å². The molecule has 1 aliphatic carbocycles. The van der Waals surface area contributed by atoms with Gasteiger partial charge in [0.2, 0.25) is 0 Å². The van der Waals surface area contributed by atoms with Gasteiger partial charge >= 0.3 is 0 Å². The van der Waals surface area contributed by atoms with Crippen LogP contribution in [0.2, 0.25) is 0 Å². The highest BCUT2D eigenvalue weighted by atomic mass is 32.2. The molecule has 1 heterocycles. The van der Waals surface area contributed by atoms with Crippen molar-refractivity contribution in [3.8, 4) is 0 Å². The summed E-state index contributed by atoms with van der Waals surface area (Å²) in [7, 11) is -3.58. The van der Waals surface area contributed by atoms with Crippen molar-refractivity contribution in [2.45, 2.75) is 24.3 Å². The number of anilines is 1. The van der Waals surface area contributed by atoms with E-state index >= 15 is 0 Å². The first kappa shape index (κ1) is 12.3. The van der Waals surface area contributed by atoms with E-state index in [9.17, 15) is 8.42 Å². The monoisotopic (exact) mass is 256 g/mol. The highest BCUT2D eigenvalue weighted by Crippen LogP contribution is 2.26. The summed E-state index contributed by atoms with van der Waals surface area (Å²) < 4.78 is 26.5. The second-order valence-corrected chi connectivity index (χ2v) is 5.83. The van der Waals surface area contributed by atoms with Gasteiger partial charge in [0.25, 0.3) is 10.0 Å². The Morgan fingerprint density at radius 3 is 2.82 bits per heavy atom. The zero-order chi connectivity index (χ0) is 12.3. The number of nitrogen functional groups attached to an aromatic ring is 1. The Balaban J connectivity index is 2.12. The third-order valence-corrected chi connectivity index (χ3v) is 4.35. The van der Waals surface area contributed by atoms with Crippen LogP contribution >= 0.6 is 0 Å². The zero-order valence-electron chi connectivity index (χ0n) is 9.39. The Labute approximate surface area is 101 Å². The van der Waals surface area contributed by atoms with Crippen LogP contribution in [0, 0.1) is 5.92 Å². The van der Waals surface area contributed by atoms with Crippen LogP contribution < -0.4 is 16.0 Å². The maximum absolute atomic E-state index is 12.0. The van der Waals surface area contributed by atoms with Gasteiger partial charge in [-0.15, -0.1) is 0 Å². The van der Waals surface area contributed by atoms with Crippen LogP contribution in [0.25, 0.3) is 0 Å². The van der Waals surface area contributed by atoms with Gasteiger partial charge in [0.1, 0.15) is 0 Å². The Morgan fingerprint density at radius 1 is 1.47 bits per heavy atom. The Morgan fingerprint density at radius 2 is 2.24 bits per heavy atom. The third kappa shape index (κ3) is 2.74. The lowest BCUT2D eigenvalue weighted by Gasteiger charge is -2.25. The molecular formula is C10H16N4O2S. The van der Waals surface area contributed by atoms with E-state index < -0.39 is 10.0 Å². The van der Waals surface area contributed by atoms with Crippen molar-refractivity contribution in [3.05, 3.63) is 18.3 Å². The number of nitrogens with two attached hydrogens (primary N) is 1. The minimum Gasteiger partial charge on any atom is -0.321 e. The predicted octanol–water partition coefficient (Wildman–Crippen LogP) is 0.446. The summed E-state index contributed by atoms with van der Waals surface area (Å²) in [5, 5.41) is -0.0539. The number of hydrogen-bond acceptors (Lipinski definition) is 5. The number of nitrogens with zero attached hydrogens (tertiary/aromatic N) is 1. The summed E-state index contributed by atoms with van der Waals surface area (Å²) in [4.78, 5) is 3.85. The molecule has 0 spiro atoms. The van der Waals surface area contributed by atoms with Crippen LogP contribution in [0.5, 0.6) is 0 Å². The Bertz CT molecular complexity index is 485. The van der Waals surface area contributed by atoms with Gasteiger partial charge in [-0.1, -0.05) is 6.42 Å². The van der Waals surface area contributed by atoms with Gasteiger partial charge in [0.15, 0.2) is 5.03 Å². The maximum Gasteiger partial charge on any atom is 0.260 e. The SMILES string of the molecule is NNc1cccnc1S(=O)(=O)NCC1CCC1. The molecule has 0 amide bonds. The van der Waals surface area contributed by atoms with E-state index in [-0.39, 0.29) is 5.03 Å². The third-order valence-electron chi connectivity index (χ3n) is 2.97. The van der Waals surface area contributed by atoms with Crippen LogP contribution in [0.1, 0.15) is 19.3 Å². The summed E-state index contributed by atoms with van der Waals surface area (Å²) in [5.74, 6) is 5.72. The first-order valence-electron chi connectivity index (χ1n) is 5.55. The predicted molar refractivity (Wildman–Crippen MR) is 64.6 cm³/mol. The fourth-order valence-electron chi connectivity index (χ4n) is 1.71. The second-order valence-electron chi connectivity index (χ2n) is 4.15. The smallest absolute Gasteiger partial charge is 0.260 e. The molecular weight excluding hydrogens is 240 g/mol. The van der Waals surface area contributed by atoms with Gasteiger partial charge in [0, 0.05) is 12.7 Å². The van der Waals surface area contributed by atoms with E-state index in [1.807, 2.05) is 0 Å². The molecule has 2 rings (SSSR count). The average Bonchev–Trinajstić information content (AvgIpc) is 2.26. The van der Waals surface area contributed by atoms with E-state index in [1.54, 1.807) is 12.1 Å². The summed E-state index contributed by atoms with van der Waals surface area (Å²) >= 11 is 0. The highest BCUT2D eigenvalue weighted by Gasteiger charge is 2.23.